The lowest BCUT2D eigenvalue weighted by Crippen LogP contribution is -2.46. The van der Waals surface area contributed by atoms with Crippen LogP contribution in [0.15, 0.2) is 30.5 Å². The van der Waals surface area contributed by atoms with Gasteiger partial charge in [0.25, 0.3) is 5.91 Å². The molecular weight excluding hydrogens is 528 g/mol. The van der Waals surface area contributed by atoms with Crippen LogP contribution in [0, 0.1) is 11.8 Å². The van der Waals surface area contributed by atoms with Crippen molar-refractivity contribution < 1.29 is 19.1 Å². The number of fused-ring (bicyclic) bond motifs is 1. The van der Waals surface area contributed by atoms with Gasteiger partial charge in [-0.3, -0.25) is 14.4 Å². The van der Waals surface area contributed by atoms with Gasteiger partial charge < -0.3 is 25.6 Å². The van der Waals surface area contributed by atoms with Crippen LogP contribution in [0.3, 0.4) is 0 Å². The molecular formula is C29H36N6O4S. The Labute approximate surface area is 237 Å². The van der Waals surface area contributed by atoms with Gasteiger partial charge >= 0.3 is 11.8 Å². The maximum Gasteiger partial charge on any atom is 0.313 e. The van der Waals surface area contributed by atoms with E-state index < -0.39 is 17.7 Å². The Morgan fingerprint density at radius 2 is 1.93 bits per heavy atom. The van der Waals surface area contributed by atoms with Crippen molar-refractivity contribution >= 4 is 45.0 Å². The van der Waals surface area contributed by atoms with E-state index in [1.807, 2.05) is 0 Å². The molecule has 3 aromatic rings. The summed E-state index contributed by atoms with van der Waals surface area (Å²) >= 11 is 1.76. The fourth-order valence-electron chi connectivity index (χ4n) is 5.95. The number of aromatic nitrogens is 2. The van der Waals surface area contributed by atoms with E-state index >= 15 is 0 Å². The van der Waals surface area contributed by atoms with E-state index in [-0.39, 0.29) is 29.1 Å². The zero-order valence-corrected chi connectivity index (χ0v) is 24.2. The van der Waals surface area contributed by atoms with Crippen LogP contribution in [-0.4, -0.2) is 71.3 Å². The average molecular weight is 565 g/mol. The number of nitrogens with one attached hydrogen (secondary N) is 1. The van der Waals surface area contributed by atoms with Crippen molar-refractivity contribution in [3.05, 3.63) is 46.6 Å². The summed E-state index contributed by atoms with van der Waals surface area (Å²) in [5.41, 5.74) is 7.54. The van der Waals surface area contributed by atoms with Gasteiger partial charge in [0.05, 0.1) is 40.3 Å². The fraction of sp³-hybridized carbons (Fsp3) is 0.483. The van der Waals surface area contributed by atoms with Gasteiger partial charge in [0.15, 0.2) is 0 Å². The Kier molecular flexibility index (Phi) is 8.04. The quantitative estimate of drug-likeness (QED) is 0.451. The van der Waals surface area contributed by atoms with Gasteiger partial charge in [-0.1, -0.05) is 19.9 Å². The molecule has 0 spiro atoms. The minimum atomic E-state index is -0.797. The number of rotatable bonds is 5. The highest BCUT2D eigenvalue weighted by atomic mass is 32.1. The summed E-state index contributed by atoms with van der Waals surface area (Å²) in [7, 11) is 3.54. The first kappa shape index (κ1) is 28.0. The van der Waals surface area contributed by atoms with Gasteiger partial charge in [-0.05, 0) is 68.5 Å². The normalized spacial score (nSPS) is 23.6. The van der Waals surface area contributed by atoms with Crippen molar-refractivity contribution in [3.63, 3.8) is 0 Å². The lowest BCUT2D eigenvalue weighted by atomic mass is 9.87. The highest BCUT2D eigenvalue weighted by Gasteiger charge is 2.35. The van der Waals surface area contributed by atoms with Crippen LogP contribution in [0.5, 0.6) is 5.88 Å². The summed E-state index contributed by atoms with van der Waals surface area (Å²) in [5.74, 6) is -0.864. The largest absolute Gasteiger partial charge is 0.480 e. The summed E-state index contributed by atoms with van der Waals surface area (Å²) in [4.78, 5) is 51.4. The molecule has 0 radical (unpaired) electrons. The second-order valence-electron chi connectivity index (χ2n) is 11.2. The van der Waals surface area contributed by atoms with Crippen molar-refractivity contribution in [2.24, 2.45) is 17.6 Å². The molecule has 3 amide bonds. The smallest absolute Gasteiger partial charge is 0.313 e. The maximum absolute atomic E-state index is 13.5. The van der Waals surface area contributed by atoms with Gasteiger partial charge in [-0.25, -0.2) is 9.97 Å². The second kappa shape index (κ2) is 11.5. The molecule has 2 aliphatic heterocycles. The Balaban J connectivity index is 1.37. The van der Waals surface area contributed by atoms with Crippen LogP contribution in [0.1, 0.15) is 66.0 Å². The van der Waals surface area contributed by atoms with E-state index in [4.69, 9.17) is 15.5 Å². The predicted molar refractivity (Wildman–Crippen MR) is 154 cm³/mol. The predicted octanol–water partition coefficient (Wildman–Crippen LogP) is 3.79. The molecule has 2 aromatic heterocycles. The molecule has 11 heteroatoms. The molecule has 3 N–H and O–H groups in total. The number of amides is 3. The molecule has 40 heavy (non-hydrogen) atoms. The average Bonchev–Trinajstić information content (AvgIpc) is 3.35. The third kappa shape index (κ3) is 5.66. The third-order valence-corrected chi connectivity index (χ3v) is 9.25. The van der Waals surface area contributed by atoms with Gasteiger partial charge in [-0.2, -0.15) is 0 Å². The van der Waals surface area contributed by atoms with Gasteiger partial charge in [0, 0.05) is 19.0 Å². The number of anilines is 1. The van der Waals surface area contributed by atoms with Crippen molar-refractivity contribution in [3.8, 4) is 5.88 Å². The number of benzene rings is 1. The highest BCUT2D eigenvalue weighted by molar-refractivity contribution is 7.18. The minimum Gasteiger partial charge on any atom is -0.480 e. The van der Waals surface area contributed by atoms with Crippen LogP contribution in [0.4, 0.5) is 5.69 Å². The van der Waals surface area contributed by atoms with Crippen LogP contribution >= 0.6 is 11.3 Å². The van der Waals surface area contributed by atoms with E-state index in [2.05, 4.69) is 54.3 Å². The molecule has 212 valence electrons. The molecule has 2 fully saturated rings. The number of nitrogens with zero attached hydrogens (tertiary/aromatic N) is 4. The summed E-state index contributed by atoms with van der Waals surface area (Å²) in [6.45, 7) is 7.00. The number of likely N-dealkylation sites (tertiary alicyclic amines) is 2. The van der Waals surface area contributed by atoms with E-state index in [9.17, 15) is 14.4 Å². The molecule has 0 aliphatic carbocycles. The standard InChI is InChI=1S/C29H36N6O4S/c1-16-5-7-23(18-6-8-24-22(11-18)33-28(40-24)20-9-10-34(3)15-17(20)2)35(14-16)29(38)26(37)32-19-12-21(25(30)36)27(39-4)31-13-19/h6,8,11-13,16-17,20,23H,5,7,9-10,14-15H2,1-4H3,(H2,30,36)(H,32,37)/t16-,17+,20+,23+/m0/s1. The molecule has 0 saturated carbocycles. The van der Waals surface area contributed by atoms with Crippen LogP contribution < -0.4 is 15.8 Å². The number of ether oxygens (including phenoxy) is 1. The zero-order valence-electron chi connectivity index (χ0n) is 23.3. The SMILES string of the molecule is COc1ncc(NC(=O)C(=O)N2C[C@@H](C)CC[C@@H]2c2ccc3sc([C@@H]4CCN(C)C[C@H]4C)nc3c2)cc1C(N)=O. The summed E-state index contributed by atoms with van der Waals surface area (Å²) in [5, 5.41) is 3.76. The summed E-state index contributed by atoms with van der Waals surface area (Å²) < 4.78 is 6.19. The molecule has 1 aromatic carbocycles. The molecule has 2 saturated heterocycles. The summed E-state index contributed by atoms with van der Waals surface area (Å²) in [6, 6.07) is 7.37. The molecule has 2 aliphatic rings. The number of primary amides is 1. The fourth-order valence-corrected chi connectivity index (χ4v) is 7.16. The third-order valence-electron chi connectivity index (χ3n) is 8.08. The van der Waals surface area contributed by atoms with Crippen molar-refractivity contribution in [2.45, 2.75) is 45.1 Å². The topological polar surface area (TPSA) is 131 Å². The van der Waals surface area contributed by atoms with Crippen LogP contribution in [-0.2, 0) is 9.59 Å². The maximum atomic E-state index is 13.5. The number of thiazole rings is 1. The lowest BCUT2D eigenvalue weighted by Gasteiger charge is -2.38. The van der Waals surface area contributed by atoms with E-state index in [1.165, 1.54) is 24.4 Å². The molecule has 4 atom stereocenters. The first-order chi connectivity index (χ1) is 19.1. The van der Waals surface area contributed by atoms with Gasteiger partial charge in [0.1, 0.15) is 5.56 Å². The number of pyridine rings is 1. The van der Waals surface area contributed by atoms with Crippen molar-refractivity contribution in [1.29, 1.82) is 0 Å². The molecule has 0 unspecified atom stereocenters. The first-order valence-electron chi connectivity index (χ1n) is 13.7. The number of nitrogens with two attached hydrogens (primary N) is 1. The number of carbonyl (C=O) groups is 3. The monoisotopic (exact) mass is 564 g/mol. The number of hydrogen-bond donors (Lipinski definition) is 2. The minimum absolute atomic E-state index is 0.0165. The van der Waals surface area contributed by atoms with Crippen molar-refractivity contribution in [1.82, 2.24) is 19.8 Å². The Bertz CT molecular complexity index is 1440. The number of carbonyl (C=O) groups excluding carboxylic acids is 3. The molecule has 0 bridgehead atoms. The van der Waals surface area contributed by atoms with Gasteiger partial charge in [-0.15, -0.1) is 11.3 Å². The number of hydrogen-bond acceptors (Lipinski definition) is 8. The zero-order chi connectivity index (χ0) is 28.6. The second-order valence-corrected chi connectivity index (χ2v) is 12.2. The molecule has 4 heterocycles. The number of piperidine rings is 2. The van der Waals surface area contributed by atoms with Crippen molar-refractivity contribution in [2.75, 3.05) is 39.1 Å². The highest BCUT2D eigenvalue weighted by Crippen LogP contribution is 2.39. The van der Waals surface area contributed by atoms with E-state index in [0.29, 0.717) is 18.4 Å². The van der Waals surface area contributed by atoms with E-state index in [0.717, 1.165) is 48.1 Å². The Morgan fingerprint density at radius 1 is 1.12 bits per heavy atom. The van der Waals surface area contributed by atoms with Gasteiger partial charge in [0.2, 0.25) is 5.88 Å². The van der Waals surface area contributed by atoms with E-state index in [1.54, 1.807) is 16.2 Å². The summed E-state index contributed by atoms with van der Waals surface area (Å²) in [6.07, 6.45) is 4.14. The number of methoxy groups -OCH3 is 1. The molecule has 5 rings (SSSR count). The van der Waals surface area contributed by atoms with Crippen LogP contribution in [0.2, 0.25) is 0 Å². The Hall–Kier alpha value is -3.57. The van der Waals surface area contributed by atoms with Crippen LogP contribution in [0.25, 0.3) is 10.2 Å². The molecule has 10 nitrogen and oxygen atoms in total. The Morgan fingerprint density at radius 3 is 2.65 bits per heavy atom. The first-order valence-corrected chi connectivity index (χ1v) is 14.5. The lowest BCUT2D eigenvalue weighted by molar-refractivity contribution is -0.146.